The van der Waals surface area contributed by atoms with Gasteiger partial charge < -0.3 is 14.5 Å². The zero-order chi connectivity index (χ0) is 13.0. The molecule has 0 atom stereocenters. The summed E-state index contributed by atoms with van der Waals surface area (Å²) in [5.74, 6) is 0.445. The van der Waals surface area contributed by atoms with Crippen LogP contribution in [0.4, 0.5) is 0 Å². The molecule has 18 heavy (non-hydrogen) atoms. The van der Waals surface area contributed by atoms with Gasteiger partial charge in [0, 0.05) is 19.8 Å². The Labute approximate surface area is 105 Å². The molecule has 1 N–H and O–H groups in total. The van der Waals surface area contributed by atoms with Crippen molar-refractivity contribution in [2.24, 2.45) is 7.05 Å². The van der Waals surface area contributed by atoms with E-state index in [1.807, 2.05) is 13.1 Å². The van der Waals surface area contributed by atoms with Crippen molar-refractivity contribution in [3.63, 3.8) is 0 Å². The Bertz CT molecular complexity index is 530. The van der Waals surface area contributed by atoms with E-state index in [4.69, 9.17) is 4.42 Å². The van der Waals surface area contributed by atoms with Crippen LogP contribution >= 0.6 is 0 Å². The third-order valence-corrected chi connectivity index (χ3v) is 2.58. The van der Waals surface area contributed by atoms with Gasteiger partial charge in [-0.1, -0.05) is 0 Å². The van der Waals surface area contributed by atoms with Gasteiger partial charge in [-0.25, -0.2) is 4.79 Å². The van der Waals surface area contributed by atoms with Crippen LogP contribution in [0.3, 0.4) is 0 Å². The van der Waals surface area contributed by atoms with Crippen LogP contribution in [0, 0.1) is 0 Å². The first-order chi connectivity index (χ1) is 8.70. The number of ether oxygens (including phenoxy) is 1. The maximum absolute atomic E-state index is 11.2. The zero-order valence-electron chi connectivity index (χ0n) is 10.3. The molecule has 0 aliphatic heterocycles. The third-order valence-electron chi connectivity index (χ3n) is 2.58. The first-order valence-electron chi connectivity index (χ1n) is 5.55. The summed E-state index contributed by atoms with van der Waals surface area (Å²) in [6.07, 6.45) is 1.75. The third kappa shape index (κ3) is 2.78. The number of nitrogens with one attached hydrogen (secondary N) is 1. The molecule has 2 aromatic heterocycles. The van der Waals surface area contributed by atoms with E-state index in [0.29, 0.717) is 18.8 Å². The molecule has 0 bridgehead atoms. The molecule has 2 aromatic rings. The Hall–Kier alpha value is -2.08. The molecule has 0 spiro atoms. The maximum Gasteiger partial charge on any atom is 0.373 e. The summed E-state index contributed by atoms with van der Waals surface area (Å²) in [4.78, 5) is 11.2. The van der Waals surface area contributed by atoms with Crippen LogP contribution in [0.15, 0.2) is 28.8 Å². The summed E-state index contributed by atoms with van der Waals surface area (Å²) in [6.45, 7) is 1.23. The SMILES string of the molecule is COC(=O)c1ccc(CNCc2ccnn2C)o1. The van der Waals surface area contributed by atoms with Crippen LogP contribution in [0.5, 0.6) is 0 Å². The van der Waals surface area contributed by atoms with Gasteiger partial charge in [-0.15, -0.1) is 0 Å². The fraction of sp³-hybridized carbons (Fsp3) is 0.333. The predicted octanol–water partition coefficient (Wildman–Crippen LogP) is 1.09. The lowest BCUT2D eigenvalue weighted by atomic mass is 10.4. The molecular weight excluding hydrogens is 234 g/mol. The smallest absolute Gasteiger partial charge is 0.373 e. The van der Waals surface area contributed by atoms with Crippen LogP contribution in [0.2, 0.25) is 0 Å². The van der Waals surface area contributed by atoms with E-state index in [1.54, 1.807) is 23.0 Å². The molecule has 6 heteroatoms. The number of carbonyl (C=O) groups is 1. The lowest BCUT2D eigenvalue weighted by Gasteiger charge is -2.03. The standard InChI is InChI=1S/C12H15N3O3/c1-15-9(5-6-14-15)7-13-8-10-3-4-11(18-10)12(16)17-2/h3-6,13H,7-8H2,1-2H3. The normalized spacial score (nSPS) is 10.6. The molecule has 0 aromatic carbocycles. The maximum atomic E-state index is 11.2. The van der Waals surface area contributed by atoms with Gasteiger partial charge in [0.1, 0.15) is 5.76 Å². The summed E-state index contributed by atoms with van der Waals surface area (Å²) in [5.41, 5.74) is 1.08. The van der Waals surface area contributed by atoms with E-state index in [9.17, 15) is 4.79 Å². The van der Waals surface area contributed by atoms with Crippen molar-refractivity contribution < 1.29 is 13.9 Å². The number of aromatic nitrogens is 2. The number of methoxy groups -OCH3 is 1. The number of rotatable bonds is 5. The lowest BCUT2D eigenvalue weighted by molar-refractivity contribution is 0.0563. The Morgan fingerprint density at radius 3 is 2.94 bits per heavy atom. The summed E-state index contributed by atoms with van der Waals surface area (Å²) >= 11 is 0. The molecule has 0 radical (unpaired) electrons. The number of esters is 1. The van der Waals surface area contributed by atoms with Crippen LogP contribution in [0.25, 0.3) is 0 Å². The number of furan rings is 1. The largest absolute Gasteiger partial charge is 0.463 e. The second-order valence-corrected chi connectivity index (χ2v) is 3.81. The highest BCUT2D eigenvalue weighted by Gasteiger charge is 2.10. The fourth-order valence-electron chi connectivity index (χ4n) is 1.57. The molecule has 0 fully saturated rings. The molecule has 6 nitrogen and oxygen atoms in total. The fourth-order valence-corrected chi connectivity index (χ4v) is 1.57. The molecule has 96 valence electrons. The minimum atomic E-state index is -0.465. The van der Waals surface area contributed by atoms with Crippen molar-refractivity contribution in [2.75, 3.05) is 7.11 Å². The predicted molar refractivity (Wildman–Crippen MR) is 63.8 cm³/mol. The van der Waals surface area contributed by atoms with Gasteiger partial charge in [-0.05, 0) is 18.2 Å². The molecular formula is C12H15N3O3. The Morgan fingerprint density at radius 2 is 2.28 bits per heavy atom. The van der Waals surface area contributed by atoms with Gasteiger partial charge in [0.25, 0.3) is 0 Å². The zero-order valence-corrected chi connectivity index (χ0v) is 10.3. The van der Waals surface area contributed by atoms with Gasteiger partial charge in [0.15, 0.2) is 0 Å². The van der Waals surface area contributed by atoms with Crippen LogP contribution < -0.4 is 5.32 Å². The number of carbonyl (C=O) groups excluding carboxylic acids is 1. The number of aryl methyl sites for hydroxylation is 1. The lowest BCUT2D eigenvalue weighted by Crippen LogP contribution is -2.14. The van der Waals surface area contributed by atoms with Crippen LogP contribution in [0.1, 0.15) is 22.0 Å². The first kappa shape index (κ1) is 12.4. The highest BCUT2D eigenvalue weighted by Crippen LogP contribution is 2.09. The highest BCUT2D eigenvalue weighted by atomic mass is 16.5. The van der Waals surface area contributed by atoms with E-state index in [1.165, 1.54) is 7.11 Å². The molecule has 0 aliphatic carbocycles. The number of hydrogen-bond donors (Lipinski definition) is 1. The average Bonchev–Trinajstić information content (AvgIpc) is 2.99. The number of hydrogen-bond acceptors (Lipinski definition) is 5. The monoisotopic (exact) mass is 249 g/mol. The summed E-state index contributed by atoms with van der Waals surface area (Å²) in [6, 6.07) is 5.30. The molecule has 0 aliphatic rings. The van der Waals surface area contributed by atoms with Gasteiger partial charge >= 0.3 is 5.97 Å². The van der Waals surface area contributed by atoms with Crippen molar-refractivity contribution in [3.8, 4) is 0 Å². The summed E-state index contributed by atoms with van der Waals surface area (Å²) < 4.78 is 11.7. The van der Waals surface area contributed by atoms with Crippen LogP contribution in [-0.2, 0) is 24.9 Å². The minimum Gasteiger partial charge on any atom is -0.463 e. The van der Waals surface area contributed by atoms with E-state index < -0.39 is 5.97 Å². The first-order valence-corrected chi connectivity index (χ1v) is 5.55. The van der Waals surface area contributed by atoms with Crippen molar-refractivity contribution in [1.82, 2.24) is 15.1 Å². The van der Waals surface area contributed by atoms with E-state index in [-0.39, 0.29) is 5.76 Å². The Morgan fingerprint density at radius 1 is 1.44 bits per heavy atom. The van der Waals surface area contributed by atoms with E-state index in [0.717, 1.165) is 5.69 Å². The topological polar surface area (TPSA) is 69.3 Å². The van der Waals surface area contributed by atoms with Crippen molar-refractivity contribution in [1.29, 1.82) is 0 Å². The summed E-state index contributed by atoms with van der Waals surface area (Å²) in [7, 11) is 3.21. The van der Waals surface area contributed by atoms with Crippen molar-refractivity contribution >= 4 is 5.97 Å². The number of nitrogens with zero attached hydrogens (tertiary/aromatic N) is 2. The van der Waals surface area contributed by atoms with Crippen molar-refractivity contribution in [3.05, 3.63) is 41.6 Å². The quantitative estimate of drug-likeness (QED) is 0.803. The second-order valence-electron chi connectivity index (χ2n) is 3.81. The highest BCUT2D eigenvalue weighted by molar-refractivity contribution is 5.86. The molecule has 0 amide bonds. The van der Waals surface area contributed by atoms with E-state index in [2.05, 4.69) is 15.2 Å². The molecule has 2 heterocycles. The van der Waals surface area contributed by atoms with Crippen molar-refractivity contribution in [2.45, 2.75) is 13.1 Å². The molecule has 2 rings (SSSR count). The Kier molecular flexibility index (Phi) is 3.78. The van der Waals surface area contributed by atoms with Gasteiger partial charge in [0.2, 0.25) is 5.76 Å². The molecule has 0 unspecified atom stereocenters. The molecule has 0 saturated heterocycles. The van der Waals surface area contributed by atoms with E-state index >= 15 is 0 Å². The van der Waals surface area contributed by atoms with Crippen LogP contribution in [-0.4, -0.2) is 22.9 Å². The van der Waals surface area contributed by atoms with Gasteiger partial charge in [0.05, 0.1) is 19.3 Å². The van der Waals surface area contributed by atoms with Gasteiger partial charge in [-0.2, -0.15) is 5.10 Å². The Balaban J connectivity index is 1.85. The average molecular weight is 249 g/mol. The second kappa shape index (κ2) is 5.50. The minimum absolute atomic E-state index is 0.217. The van der Waals surface area contributed by atoms with Gasteiger partial charge in [-0.3, -0.25) is 4.68 Å². The summed E-state index contributed by atoms with van der Waals surface area (Å²) in [5, 5.41) is 7.28. The molecule has 0 saturated carbocycles.